The highest BCUT2D eigenvalue weighted by Crippen LogP contribution is 2.32. The Bertz CT molecular complexity index is 1360. The number of esters is 1. The predicted octanol–water partition coefficient (Wildman–Crippen LogP) is 4.71. The van der Waals surface area contributed by atoms with Gasteiger partial charge in [-0.05, 0) is 39.0 Å². The molecule has 0 amide bonds. The Hall–Kier alpha value is -3.46. The van der Waals surface area contributed by atoms with Crippen molar-refractivity contribution in [2.45, 2.75) is 32.7 Å². The lowest BCUT2D eigenvalue weighted by Crippen LogP contribution is -2.32. The van der Waals surface area contributed by atoms with E-state index >= 15 is 0 Å². The smallest absolute Gasteiger partial charge is 0.316 e. The number of benzene rings is 1. The van der Waals surface area contributed by atoms with E-state index in [1.54, 1.807) is 39.1 Å². The minimum Gasteiger partial charge on any atom is -0.465 e. The maximum atomic E-state index is 14.2. The van der Waals surface area contributed by atoms with E-state index in [0.29, 0.717) is 22.3 Å². The molecule has 0 unspecified atom stereocenters. The second-order valence-corrected chi connectivity index (χ2v) is 8.22. The predicted molar refractivity (Wildman–Crippen MR) is 119 cm³/mol. The Labute approximate surface area is 193 Å². The van der Waals surface area contributed by atoms with Crippen LogP contribution in [0.15, 0.2) is 42.7 Å². The first-order valence-electron chi connectivity index (χ1n) is 10.2. The van der Waals surface area contributed by atoms with Gasteiger partial charge in [-0.2, -0.15) is 5.10 Å². The van der Waals surface area contributed by atoms with Crippen LogP contribution >= 0.6 is 11.6 Å². The summed E-state index contributed by atoms with van der Waals surface area (Å²) in [6, 6.07) is 6.89. The Kier molecular flexibility index (Phi) is 6.07. The van der Waals surface area contributed by atoms with Crippen molar-refractivity contribution < 1.29 is 18.3 Å². The van der Waals surface area contributed by atoms with Crippen molar-refractivity contribution in [3.63, 3.8) is 0 Å². The molecule has 3 aromatic heterocycles. The molecule has 33 heavy (non-hydrogen) atoms. The number of halogens is 3. The average molecular weight is 472 g/mol. The summed E-state index contributed by atoms with van der Waals surface area (Å²) in [4.78, 5) is 25.5. The lowest BCUT2D eigenvalue weighted by Gasteiger charge is -2.23. The lowest BCUT2D eigenvalue weighted by atomic mass is 9.86. The molecule has 170 valence electrons. The molecule has 3 heterocycles. The first-order chi connectivity index (χ1) is 15.7. The molecule has 0 N–H and O–H groups in total. The Morgan fingerprint density at radius 2 is 2.00 bits per heavy atom. The second-order valence-electron chi connectivity index (χ2n) is 7.86. The van der Waals surface area contributed by atoms with E-state index in [2.05, 4.69) is 20.1 Å². The van der Waals surface area contributed by atoms with E-state index in [1.165, 1.54) is 23.0 Å². The monoisotopic (exact) mass is 471 g/mol. The molecule has 4 aromatic rings. The summed E-state index contributed by atoms with van der Waals surface area (Å²) in [6.07, 6.45) is 3.06. The van der Waals surface area contributed by atoms with Gasteiger partial charge in [0.1, 0.15) is 22.5 Å². The molecule has 0 saturated heterocycles. The highest BCUT2D eigenvalue weighted by molar-refractivity contribution is 6.30. The summed E-state index contributed by atoms with van der Waals surface area (Å²) in [6.45, 7) is 5.36. The van der Waals surface area contributed by atoms with Gasteiger partial charge in [0.2, 0.25) is 0 Å². The fourth-order valence-corrected chi connectivity index (χ4v) is 3.78. The van der Waals surface area contributed by atoms with E-state index in [1.807, 2.05) is 0 Å². The Balaban J connectivity index is 1.76. The third-order valence-electron chi connectivity index (χ3n) is 5.26. The molecule has 4 rings (SSSR count). The molecule has 0 aliphatic heterocycles. The maximum absolute atomic E-state index is 14.2. The molecule has 0 spiro atoms. The van der Waals surface area contributed by atoms with Crippen LogP contribution in [0.5, 0.6) is 0 Å². The quantitative estimate of drug-likeness (QED) is 0.299. The maximum Gasteiger partial charge on any atom is 0.316 e. The largest absolute Gasteiger partial charge is 0.465 e. The van der Waals surface area contributed by atoms with Crippen molar-refractivity contribution in [2.75, 3.05) is 6.61 Å². The van der Waals surface area contributed by atoms with E-state index in [0.717, 1.165) is 6.07 Å². The molecule has 0 fully saturated rings. The third kappa shape index (κ3) is 4.28. The van der Waals surface area contributed by atoms with Crippen molar-refractivity contribution in [2.24, 2.45) is 0 Å². The summed E-state index contributed by atoms with van der Waals surface area (Å²) in [5.74, 6) is -1.56. The van der Waals surface area contributed by atoms with Crippen LogP contribution in [0.2, 0.25) is 5.15 Å². The van der Waals surface area contributed by atoms with Crippen LogP contribution in [-0.4, -0.2) is 37.3 Å². The highest BCUT2D eigenvalue weighted by Gasteiger charge is 2.35. The zero-order valence-corrected chi connectivity index (χ0v) is 18.9. The number of fused-ring (bicyclic) bond motifs is 1. The van der Waals surface area contributed by atoms with Crippen LogP contribution in [0, 0.1) is 11.6 Å². The number of carbonyl (C=O) groups excluding carboxylic acids is 1. The summed E-state index contributed by atoms with van der Waals surface area (Å²) in [7, 11) is 0. The van der Waals surface area contributed by atoms with Crippen LogP contribution in [0.25, 0.3) is 22.6 Å². The molecule has 1 aromatic carbocycles. The Morgan fingerprint density at radius 3 is 2.70 bits per heavy atom. The molecule has 0 aliphatic carbocycles. The van der Waals surface area contributed by atoms with E-state index in [9.17, 15) is 13.6 Å². The fourth-order valence-electron chi connectivity index (χ4n) is 3.41. The molecule has 0 bridgehead atoms. The summed E-state index contributed by atoms with van der Waals surface area (Å²) in [5.41, 5.74) is 0.495. The van der Waals surface area contributed by atoms with Gasteiger partial charge >= 0.3 is 5.97 Å². The van der Waals surface area contributed by atoms with Crippen molar-refractivity contribution in [3.8, 4) is 11.5 Å². The molecule has 7 nitrogen and oxygen atoms in total. The van der Waals surface area contributed by atoms with Crippen LogP contribution in [-0.2, 0) is 21.5 Å². The molecule has 0 atom stereocenters. The topological polar surface area (TPSA) is 82.8 Å². The summed E-state index contributed by atoms with van der Waals surface area (Å²) < 4.78 is 34.1. The van der Waals surface area contributed by atoms with Crippen LogP contribution in [0.4, 0.5) is 8.78 Å². The molecular weight excluding hydrogens is 452 g/mol. The highest BCUT2D eigenvalue weighted by atomic mass is 35.5. The van der Waals surface area contributed by atoms with E-state index in [-0.39, 0.29) is 29.7 Å². The van der Waals surface area contributed by atoms with Crippen molar-refractivity contribution in [1.29, 1.82) is 0 Å². The fraction of sp³-hybridized carbons (Fsp3) is 0.261. The van der Waals surface area contributed by atoms with Gasteiger partial charge in [0.15, 0.2) is 11.5 Å². The number of carbonyl (C=O) groups is 1. The number of pyridine rings is 1. The van der Waals surface area contributed by atoms with Crippen LogP contribution in [0.1, 0.15) is 31.9 Å². The van der Waals surface area contributed by atoms with E-state index < -0.39 is 23.0 Å². The first-order valence-corrected chi connectivity index (χ1v) is 10.6. The summed E-state index contributed by atoms with van der Waals surface area (Å²) in [5, 5.41) is 5.26. The third-order valence-corrected chi connectivity index (χ3v) is 5.54. The van der Waals surface area contributed by atoms with Gasteiger partial charge in [-0.15, -0.1) is 0 Å². The van der Waals surface area contributed by atoms with Gasteiger partial charge in [-0.25, -0.2) is 28.4 Å². The van der Waals surface area contributed by atoms with Crippen molar-refractivity contribution >= 4 is 28.6 Å². The molecule has 0 aliphatic rings. The summed E-state index contributed by atoms with van der Waals surface area (Å²) >= 11 is 6.44. The zero-order valence-electron chi connectivity index (χ0n) is 18.1. The SMILES string of the molecule is CCOC(=O)C(C)(C)c1cnc(-c2nn(Cc3ccc(F)cc3F)c3ncccc23)nc1Cl. The van der Waals surface area contributed by atoms with Crippen molar-refractivity contribution in [3.05, 3.63) is 70.6 Å². The van der Waals surface area contributed by atoms with Gasteiger partial charge in [-0.1, -0.05) is 17.7 Å². The average Bonchev–Trinajstić information content (AvgIpc) is 3.14. The number of hydrogen-bond acceptors (Lipinski definition) is 6. The second kappa shape index (κ2) is 8.82. The minimum absolute atomic E-state index is 0.0291. The number of hydrogen-bond donors (Lipinski definition) is 0. The van der Waals surface area contributed by atoms with Crippen LogP contribution in [0.3, 0.4) is 0 Å². The number of aromatic nitrogens is 5. The van der Waals surface area contributed by atoms with Gasteiger partial charge in [-0.3, -0.25) is 4.79 Å². The van der Waals surface area contributed by atoms with Gasteiger partial charge in [0, 0.05) is 29.6 Å². The van der Waals surface area contributed by atoms with Crippen LogP contribution < -0.4 is 0 Å². The normalized spacial score (nSPS) is 11.7. The van der Waals surface area contributed by atoms with Gasteiger partial charge in [0.25, 0.3) is 0 Å². The zero-order chi connectivity index (χ0) is 23.8. The minimum atomic E-state index is -1.05. The first kappa shape index (κ1) is 22.7. The number of ether oxygens (including phenoxy) is 1. The molecule has 10 heteroatoms. The number of rotatable bonds is 6. The van der Waals surface area contributed by atoms with Gasteiger partial charge in [0.05, 0.1) is 24.0 Å². The van der Waals surface area contributed by atoms with Gasteiger partial charge < -0.3 is 4.74 Å². The number of nitrogens with zero attached hydrogens (tertiary/aromatic N) is 5. The standard InChI is InChI=1S/C23H20ClF2N5O2/c1-4-33-22(32)23(2,3)16-11-28-20(29-19(16)24)18-15-6-5-9-27-21(15)31(30-18)12-13-7-8-14(25)10-17(13)26/h5-11H,4,12H2,1-3H3. The molecule has 0 saturated carbocycles. The van der Waals surface area contributed by atoms with Crippen molar-refractivity contribution in [1.82, 2.24) is 24.7 Å². The molecule has 0 radical (unpaired) electrons. The lowest BCUT2D eigenvalue weighted by molar-refractivity contribution is -0.148. The Morgan fingerprint density at radius 1 is 1.21 bits per heavy atom. The van der Waals surface area contributed by atoms with E-state index in [4.69, 9.17) is 16.3 Å². The molecular formula is C23H20ClF2N5O2.